The third-order valence-electron chi connectivity index (χ3n) is 4.18. The van der Waals surface area contributed by atoms with Gasteiger partial charge in [0.1, 0.15) is 11.3 Å². The van der Waals surface area contributed by atoms with E-state index in [1.165, 1.54) is 29.2 Å². The van der Waals surface area contributed by atoms with Crippen LogP contribution in [0.15, 0.2) is 59.2 Å². The van der Waals surface area contributed by atoms with E-state index in [9.17, 15) is 0 Å². The first-order valence-corrected chi connectivity index (χ1v) is 8.03. The number of fused-ring (bicyclic) bond motifs is 2. The van der Waals surface area contributed by atoms with Crippen LogP contribution in [-0.4, -0.2) is 18.7 Å². The number of benzene rings is 2. The molecule has 0 saturated heterocycles. The number of aromatic nitrogens is 1. The summed E-state index contributed by atoms with van der Waals surface area (Å²) in [6, 6.07) is 16.8. The maximum atomic E-state index is 5.43. The summed E-state index contributed by atoms with van der Waals surface area (Å²) in [6.07, 6.45) is 1.73. The SMILES string of the molecule is CCn1c(-c2ccc3occc3c2)cc2ccc(OC)cc21.CN. The van der Waals surface area contributed by atoms with E-state index in [1.54, 1.807) is 13.4 Å². The second-order valence-electron chi connectivity index (χ2n) is 5.37. The first-order chi connectivity index (χ1) is 11.8. The highest BCUT2D eigenvalue weighted by atomic mass is 16.5. The molecule has 4 rings (SSSR count). The molecule has 0 spiro atoms. The molecule has 2 aromatic carbocycles. The molecule has 24 heavy (non-hydrogen) atoms. The Balaban J connectivity index is 0.000000815. The number of aryl methyl sites for hydroxylation is 1. The van der Waals surface area contributed by atoms with Gasteiger partial charge in [-0.05, 0) is 62.0 Å². The smallest absolute Gasteiger partial charge is 0.133 e. The second-order valence-corrected chi connectivity index (χ2v) is 5.37. The van der Waals surface area contributed by atoms with Gasteiger partial charge in [-0.15, -0.1) is 0 Å². The van der Waals surface area contributed by atoms with Crippen LogP contribution in [0.1, 0.15) is 6.92 Å². The predicted molar refractivity (Wildman–Crippen MR) is 99.5 cm³/mol. The Hall–Kier alpha value is -2.72. The molecule has 0 radical (unpaired) electrons. The van der Waals surface area contributed by atoms with Gasteiger partial charge in [-0.1, -0.05) is 0 Å². The van der Waals surface area contributed by atoms with Crippen LogP contribution in [0.2, 0.25) is 0 Å². The number of nitrogens with two attached hydrogens (primary N) is 1. The highest BCUT2D eigenvalue weighted by Crippen LogP contribution is 2.32. The van der Waals surface area contributed by atoms with Crippen molar-refractivity contribution in [3.63, 3.8) is 0 Å². The van der Waals surface area contributed by atoms with Crippen LogP contribution in [0.4, 0.5) is 0 Å². The minimum absolute atomic E-state index is 0.886. The Morgan fingerprint density at radius 1 is 1.00 bits per heavy atom. The number of rotatable bonds is 3. The molecule has 0 aliphatic rings. The van der Waals surface area contributed by atoms with Gasteiger partial charge in [-0.3, -0.25) is 0 Å². The van der Waals surface area contributed by atoms with E-state index in [4.69, 9.17) is 9.15 Å². The zero-order chi connectivity index (χ0) is 17.1. The first kappa shape index (κ1) is 16.1. The van der Waals surface area contributed by atoms with Crippen molar-refractivity contribution in [1.82, 2.24) is 4.57 Å². The lowest BCUT2D eigenvalue weighted by atomic mass is 10.1. The van der Waals surface area contributed by atoms with Gasteiger partial charge in [0, 0.05) is 29.1 Å². The number of hydrogen-bond acceptors (Lipinski definition) is 3. The summed E-state index contributed by atoms with van der Waals surface area (Å²) >= 11 is 0. The molecule has 4 nitrogen and oxygen atoms in total. The predicted octanol–water partition coefficient (Wildman–Crippen LogP) is 4.66. The van der Waals surface area contributed by atoms with Crippen molar-refractivity contribution in [2.45, 2.75) is 13.5 Å². The van der Waals surface area contributed by atoms with E-state index in [1.807, 2.05) is 18.2 Å². The van der Waals surface area contributed by atoms with Crippen molar-refractivity contribution in [3.05, 3.63) is 54.8 Å². The molecule has 2 heterocycles. The molecule has 4 aromatic rings. The molecule has 2 aromatic heterocycles. The Morgan fingerprint density at radius 2 is 1.83 bits per heavy atom. The Morgan fingerprint density at radius 3 is 2.58 bits per heavy atom. The van der Waals surface area contributed by atoms with Crippen LogP contribution in [0.5, 0.6) is 5.75 Å². The van der Waals surface area contributed by atoms with Gasteiger partial charge in [-0.25, -0.2) is 0 Å². The number of ether oxygens (including phenoxy) is 1. The van der Waals surface area contributed by atoms with Crippen LogP contribution in [0.25, 0.3) is 33.1 Å². The van der Waals surface area contributed by atoms with E-state index in [0.717, 1.165) is 23.3 Å². The summed E-state index contributed by atoms with van der Waals surface area (Å²) in [7, 11) is 3.20. The molecule has 124 valence electrons. The van der Waals surface area contributed by atoms with Crippen LogP contribution < -0.4 is 10.5 Å². The van der Waals surface area contributed by atoms with Gasteiger partial charge < -0.3 is 19.5 Å². The molecule has 0 bridgehead atoms. The Bertz CT molecular complexity index is 966. The van der Waals surface area contributed by atoms with Crippen LogP contribution in [0.3, 0.4) is 0 Å². The first-order valence-electron chi connectivity index (χ1n) is 8.03. The number of hydrogen-bond donors (Lipinski definition) is 1. The summed E-state index contributed by atoms with van der Waals surface area (Å²) in [6.45, 7) is 3.08. The lowest BCUT2D eigenvalue weighted by Gasteiger charge is -2.09. The van der Waals surface area contributed by atoms with Crippen molar-refractivity contribution < 1.29 is 9.15 Å². The molecular weight excluding hydrogens is 300 g/mol. The highest BCUT2D eigenvalue weighted by Gasteiger charge is 2.11. The Labute approximate surface area is 141 Å². The lowest BCUT2D eigenvalue weighted by Crippen LogP contribution is -1.96. The molecule has 4 heteroatoms. The van der Waals surface area contributed by atoms with Gasteiger partial charge in [0.25, 0.3) is 0 Å². The summed E-state index contributed by atoms with van der Waals surface area (Å²) in [4.78, 5) is 0. The zero-order valence-corrected chi connectivity index (χ0v) is 14.2. The summed E-state index contributed by atoms with van der Waals surface area (Å²) in [5.74, 6) is 0.886. The standard InChI is InChI=1S/C19H17NO2.CH5N/c1-3-20-17(11-14-4-6-16(21-2)12-18(14)20)13-5-7-19-15(10-13)8-9-22-19;1-2/h4-12H,3H2,1-2H3;2H2,1H3. The third-order valence-corrected chi connectivity index (χ3v) is 4.18. The highest BCUT2D eigenvalue weighted by molar-refractivity contribution is 5.90. The molecule has 2 N–H and O–H groups in total. The molecule has 0 aliphatic heterocycles. The van der Waals surface area contributed by atoms with Crippen molar-refractivity contribution in [3.8, 4) is 17.0 Å². The fraction of sp³-hybridized carbons (Fsp3) is 0.200. The minimum Gasteiger partial charge on any atom is -0.497 e. The van der Waals surface area contributed by atoms with E-state index >= 15 is 0 Å². The van der Waals surface area contributed by atoms with Crippen molar-refractivity contribution in [1.29, 1.82) is 0 Å². The van der Waals surface area contributed by atoms with E-state index < -0.39 is 0 Å². The molecule has 0 aliphatic carbocycles. The molecule has 0 fully saturated rings. The van der Waals surface area contributed by atoms with Crippen LogP contribution in [-0.2, 0) is 6.54 Å². The van der Waals surface area contributed by atoms with Crippen LogP contribution >= 0.6 is 0 Å². The number of methoxy groups -OCH3 is 1. The summed E-state index contributed by atoms with van der Waals surface area (Å²) in [5, 5.41) is 2.35. The van der Waals surface area contributed by atoms with Gasteiger partial charge in [0.05, 0.1) is 18.9 Å². The molecule has 0 unspecified atom stereocenters. The quantitative estimate of drug-likeness (QED) is 0.597. The average Bonchev–Trinajstić information content (AvgIpc) is 3.25. The van der Waals surface area contributed by atoms with Crippen molar-refractivity contribution >= 4 is 21.9 Å². The molecular formula is C20H22N2O2. The van der Waals surface area contributed by atoms with Crippen LogP contribution in [0, 0.1) is 0 Å². The summed E-state index contributed by atoms with van der Waals surface area (Å²) < 4.78 is 13.1. The Kier molecular flexibility index (Phi) is 4.58. The zero-order valence-electron chi connectivity index (χ0n) is 14.2. The molecule has 0 amide bonds. The van der Waals surface area contributed by atoms with Gasteiger partial charge in [0.15, 0.2) is 0 Å². The second kappa shape index (κ2) is 6.81. The largest absolute Gasteiger partial charge is 0.497 e. The topological polar surface area (TPSA) is 53.3 Å². The van der Waals surface area contributed by atoms with E-state index in [-0.39, 0.29) is 0 Å². The molecule has 0 saturated carbocycles. The normalized spacial score (nSPS) is 10.7. The summed E-state index contributed by atoms with van der Waals surface area (Å²) in [5.41, 5.74) is 9.04. The number of nitrogens with zero attached hydrogens (tertiary/aromatic N) is 1. The minimum atomic E-state index is 0.886. The van der Waals surface area contributed by atoms with E-state index in [2.05, 4.69) is 47.6 Å². The van der Waals surface area contributed by atoms with E-state index in [0.29, 0.717) is 0 Å². The van der Waals surface area contributed by atoms with Gasteiger partial charge in [-0.2, -0.15) is 0 Å². The lowest BCUT2D eigenvalue weighted by molar-refractivity contribution is 0.415. The fourth-order valence-electron chi connectivity index (χ4n) is 3.07. The third kappa shape index (κ3) is 2.65. The van der Waals surface area contributed by atoms with Gasteiger partial charge in [0.2, 0.25) is 0 Å². The average molecular weight is 322 g/mol. The van der Waals surface area contributed by atoms with Crippen molar-refractivity contribution in [2.24, 2.45) is 5.73 Å². The maximum Gasteiger partial charge on any atom is 0.133 e. The van der Waals surface area contributed by atoms with Gasteiger partial charge >= 0.3 is 0 Å². The monoisotopic (exact) mass is 322 g/mol. The fourth-order valence-corrected chi connectivity index (χ4v) is 3.07. The maximum absolute atomic E-state index is 5.43. The number of furan rings is 1. The van der Waals surface area contributed by atoms with Crippen molar-refractivity contribution in [2.75, 3.05) is 14.2 Å². The molecule has 0 atom stereocenters.